The van der Waals surface area contributed by atoms with Crippen LogP contribution in [0.2, 0.25) is 5.02 Å². The van der Waals surface area contributed by atoms with Gasteiger partial charge in [0.15, 0.2) is 5.75 Å². The number of para-hydroxylation sites is 1. The number of hydrogen-bond donors (Lipinski definition) is 1. The quantitative estimate of drug-likeness (QED) is 0.860. The largest absolute Gasteiger partial charge is 0.455 e. The van der Waals surface area contributed by atoms with Crippen molar-refractivity contribution in [1.29, 1.82) is 0 Å². The number of benzene rings is 2. The summed E-state index contributed by atoms with van der Waals surface area (Å²) in [5.74, 6) is 1.63. The summed E-state index contributed by atoms with van der Waals surface area (Å²) in [4.78, 5) is 0. The molecule has 0 spiro atoms. The molecule has 0 amide bonds. The Hall–Kier alpha value is -1.67. The van der Waals surface area contributed by atoms with E-state index in [1.807, 2.05) is 42.5 Å². The molecule has 0 radical (unpaired) electrons. The Labute approximate surface area is 105 Å². The van der Waals surface area contributed by atoms with Gasteiger partial charge < -0.3 is 10.1 Å². The van der Waals surface area contributed by atoms with Crippen LogP contribution in [0.15, 0.2) is 42.5 Å². The van der Waals surface area contributed by atoms with Crippen LogP contribution in [-0.4, -0.2) is 6.54 Å². The number of ether oxygens (including phenoxy) is 1. The molecular weight excluding hydrogens is 234 g/mol. The minimum atomic E-state index is 0.721. The minimum Gasteiger partial charge on any atom is -0.455 e. The monoisotopic (exact) mass is 245 g/mol. The van der Waals surface area contributed by atoms with Gasteiger partial charge in [0.2, 0.25) is 0 Å². The van der Waals surface area contributed by atoms with Crippen LogP contribution in [-0.2, 0) is 6.42 Å². The van der Waals surface area contributed by atoms with Gasteiger partial charge in [-0.15, -0.1) is 0 Å². The number of hydrogen-bond acceptors (Lipinski definition) is 2. The number of anilines is 1. The van der Waals surface area contributed by atoms with Crippen LogP contribution in [0, 0.1) is 0 Å². The topological polar surface area (TPSA) is 21.3 Å². The van der Waals surface area contributed by atoms with Crippen molar-refractivity contribution in [2.24, 2.45) is 0 Å². The molecule has 0 atom stereocenters. The summed E-state index contributed by atoms with van der Waals surface area (Å²) in [5.41, 5.74) is 2.29. The smallest absolute Gasteiger partial charge is 0.152 e. The van der Waals surface area contributed by atoms with Crippen molar-refractivity contribution in [2.45, 2.75) is 6.42 Å². The first-order valence-corrected chi connectivity index (χ1v) is 6.00. The summed E-state index contributed by atoms with van der Waals surface area (Å²) >= 11 is 6.09. The van der Waals surface area contributed by atoms with Gasteiger partial charge in [0.05, 0.1) is 5.69 Å². The summed E-state index contributed by atoms with van der Waals surface area (Å²) < 4.78 is 5.86. The first-order valence-electron chi connectivity index (χ1n) is 5.62. The van der Waals surface area contributed by atoms with Crippen LogP contribution in [0.1, 0.15) is 5.56 Å². The van der Waals surface area contributed by atoms with Gasteiger partial charge in [-0.05, 0) is 30.2 Å². The van der Waals surface area contributed by atoms with Crippen molar-refractivity contribution in [2.75, 3.05) is 11.9 Å². The van der Waals surface area contributed by atoms with Gasteiger partial charge in [-0.2, -0.15) is 0 Å². The first-order chi connectivity index (χ1) is 8.33. The second kappa shape index (κ2) is 4.30. The van der Waals surface area contributed by atoms with Gasteiger partial charge in [0, 0.05) is 17.6 Å². The van der Waals surface area contributed by atoms with E-state index in [0.29, 0.717) is 0 Å². The molecule has 2 aromatic rings. The van der Waals surface area contributed by atoms with Gasteiger partial charge in [-0.1, -0.05) is 29.8 Å². The molecule has 1 heterocycles. The van der Waals surface area contributed by atoms with Crippen LogP contribution < -0.4 is 10.1 Å². The maximum atomic E-state index is 6.09. The Morgan fingerprint density at radius 3 is 2.76 bits per heavy atom. The highest BCUT2D eigenvalue weighted by molar-refractivity contribution is 6.31. The number of rotatable bonds is 2. The van der Waals surface area contributed by atoms with Crippen LogP contribution in [0.4, 0.5) is 5.69 Å². The van der Waals surface area contributed by atoms with E-state index in [9.17, 15) is 0 Å². The van der Waals surface area contributed by atoms with Crippen molar-refractivity contribution in [3.63, 3.8) is 0 Å². The second-order valence-electron chi connectivity index (χ2n) is 4.03. The van der Waals surface area contributed by atoms with E-state index in [1.165, 1.54) is 5.56 Å². The second-order valence-corrected chi connectivity index (χ2v) is 4.47. The van der Waals surface area contributed by atoms with Crippen molar-refractivity contribution in [1.82, 2.24) is 0 Å². The molecule has 1 N–H and O–H groups in total. The molecule has 3 rings (SSSR count). The molecule has 0 unspecified atom stereocenters. The van der Waals surface area contributed by atoms with Gasteiger partial charge in [0.1, 0.15) is 5.75 Å². The molecule has 17 heavy (non-hydrogen) atoms. The SMILES string of the molecule is Clc1cc2c(c(Oc3ccccc3)c1)NCC2. The standard InChI is InChI=1S/C14H12ClNO/c15-11-8-10-6-7-16-14(10)13(9-11)17-12-4-2-1-3-5-12/h1-5,8-9,16H,6-7H2. The normalized spacial score (nSPS) is 13.0. The van der Waals surface area contributed by atoms with Crippen molar-refractivity contribution in [3.8, 4) is 11.5 Å². The third kappa shape index (κ3) is 2.08. The van der Waals surface area contributed by atoms with Crippen molar-refractivity contribution >= 4 is 17.3 Å². The number of fused-ring (bicyclic) bond motifs is 1. The molecule has 0 aliphatic carbocycles. The molecule has 86 valence electrons. The Kier molecular flexibility index (Phi) is 2.65. The Balaban J connectivity index is 1.98. The highest BCUT2D eigenvalue weighted by Crippen LogP contribution is 2.38. The molecule has 0 saturated carbocycles. The maximum absolute atomic E-state index is 6.09. The fourth-order valence-electron chi connectivity index (χ4n) is 2.05. The number of halogens is 1. The fraction of sp³-hybridized carbons (Fsp3) is 0.143. The highest BCUT2D eigenvalue weighted by atomic mass is 35.5. The first kappa shape index (κ1) is 10.5. The zero-order valence-corrected chi connectivity index (χ0v) is 10.00. The van der Waals surface area contributed by atoms with Crippen LogP contribution in [0.25, 0.3) is 0 Å². The summed E-state index contributed by atoms with van der Waals surface area (Å²) in [6.07, 6.45) is 1.00. The van der Waals surface area contributed by atoms with E-state index in [-0.39, 0.29) is 0 Å². The average Bonchev–Trinajstić information content (AvgIpc) is 2.78. The van der Waals surface area contributed by atoms with E-state index < -0.39 is 0 Å². The van der Waals surface area contributed by atoms with Crippen LogP contribution >= 0.6 is 11.6 Å². The van der Waals surface area contributed by atoms with Gasteiger partial charge >= 0.3 is 0 Å². The van der Waals surface area contributed by atoms with Crippen LogP contribution in [0.3, 0.4) is 0 Å². The van der Waals surface area contributed by atoms with E-state index in [0.717, 1.165) is 35.2 Å². The molecule has 1 aliphatic heterocycles. The summed E-state index contributed by atoms with van der Waals surface area (Å²) in [5, 5.41) is 4.05. The van der Waals surface area contributed by atoms with Crippen LogP contribution in [0.5, 0.6) is 11.5 Å². The molecule has 0 bridgehead atoms. The minimum absolute atomic E-state index is 0.721. The molecular formula is C14H12ClNO. The third-order valence-electron chi connectivity index (χ3n) is 2.82. The molecule has 2 aromatic carbocycles. The Morgan fingerprint density at radius 2 is 1.94 bits per heavy atom. The highest BCUT2D eigenvalue weighted by Gasteiger charge is 2.16. The van der Waals surface area contributed by atoms with E-state index >= 15 is 0 Å². The zero-order valence-electron chi connectivity index (χ0n) is 9.24. The lowest BCUT2D eigenvalue weighted by Gasteiger charge is -2.11. The molecule has 0 saturated heterocycles. The Morgan fingerprint density at radius 1 is 1.12 bits per heavy atom. The van der Waals surface area contributed by atoms with E-state index in [4.69, 9.17) is 16.3 Å². The van der Waals surface area contributed by atoms with E-state index in [1.54, 1.807) is 0 Å². The Bertz CT molecular complexity index is 539. The van der Waals surface area contributed by atoms with Crippen molar-refractivity contribution < 1.29 is 4.74 Å². The third-order valence-corrected chi connectivity index (χ3v) is 3.03. The lowest BCUT2D eigenvalue weighted by Crippen LogP contribution is -1.94. The zero-order chi connectivity index (χ0) is 11.7. The predicted octanol–water partition coefficient (Wildman–Crippen LogP) is 4.10. The molecule has 1 aliphatic rings. The molecule has 3 heteroatoms. The predicted molar refractivity (Wildman–Crippen MR) is 70.2 cm³/mol. The van der Waals surface area contributed by atoms with E-state index in [2.05, 4.69) is 5.32 Å². The average molecular weight is 246 g/mol. The lowest BCUT2D eigenvalue weighted by molar-refractivity contribution is 0.485. The lowest BCUT2D eigenvalue weighted by atomic mass is 10.1. The summed E-state index contributed by atoms with van der Waals surface area (Å²) in [6.45, 7) is 0.945. The molecule has 2 nitrogen and oxygen atoms in total. The summed E-state index contributed by atoms with van der Waals surface area (Å²) in [7, 11) is 0. The van der Waals surface area contributed by atoms with Gasteiger partial charge in [-0.25, -0.2) is 0 Å². The number of nitrogens with one attached hydrogen (secondary N) is 1. The van der Waals surface area contributed by atoms with Gasteiger partial charge in [-0.3, -0.25) is 0 Å². The molecule has 0 aromatic heterocycles. The van der Waals surface area contributed by atoms with Crippen molar-refractivity contribution in [3.05, 3.63) is 53.1 Å². The summed E-state index contributed by atoms with van der Waals surface area (Å²) in [6, 6.07) is 13.6. The van der Waals surface area contributed by atoms with Gasteiger partial charge in [0.25, 0.3) is 0 Å². The molecule has 0 fully saturated rings. The fourth-order valence-corrected chi connectivity index (χ4v) is 2.28. The maximum Gasteiger partial charge on any atom is 0.152 e.